The fourth-order valence-electron chi connectivity index (χ4n) is 2.86. The smallest absolute Gasteiger partial charge is 0.305 e. The van der Waals surface area contributed by atoms with E-state index in [9.17, 15) is 14.4 Å². The predicted molar refractivity (Wildman–Crippen MR) is 101 cm³/mol. The van der Waals surface area contributed by atoms with Crippen LogP contribution in [0.1, 0.15) is 71.1 Å². The van der Waals surface area contributed by atoms with Gasteiger partial charge in [0.1, 0.15) is 0 Å². The number of rotatable bonds is 10. The lowest BCUT2D eigenvalue weighted by Crippen LogP contribution is -2.42. The Kier molecular flexibility index (Phi) is 11.1. The molecule has 0 N–H and O–H groups in total. The number of hydrogen-bond acceptors (Lipinski definition) is 4. The van der Waals surface area contributed by atoms with E-state index in [4.69, 9.17) is 0 Å². The second-order valence-corrected chi connectivity index (χ2v) is 6.55. The van der Waals surface area contributed by atoms with Gasteiger partial charge in [-0.2, -0.15) is 0 Å². The summed E-state index contributed by atoms with van der Waals surface area (Å²) >= 11 is 0. The van der Waals surface area contributed by atoms with E-state index in [0.29, 0.717) is 38.6 Å². The molecule has 1 heterocycles. The minimum Gasteiger partial charge on any atom is -0.469 e. The summed E-state index contributed by atoms with van der Waals surface area (Å²) in [5.74, 6) is 6.02. The third-order valence-corrected chi connectivity index (χ3v) is 4.43. The van der Waals surface area contributed by atoms with E-state index in [2.05, 4.69) is 23.5 Å². The highest BCUT2D eigenvalue weighted by Gasteiger charge is 2.25. The van der Waals surface area contributed by atoms with Gasteiger partial charge in [0.15, 0.2) is 5.78 Å². The number of nitrogens with zero attached hydrogens (tertiary/aromatic N) is 1. The van der Waals surface area contributed by atoms with Gasteiger partial charge in [-0.05, 0) is 31.8 Å². The Balaban J connectivity index is 2.48. The monoisotopic (exact) mass is 361 g/mol. The standard InChI is InChI=1S/C21H31NO4/c1-3-4-7-12-19(23)16-15-18-11-10-13-20(24)22(18)17-9-6-5-8-14-21(25)26-2/h15-16,18H,3-5,7-8,10-14,17H2,1-2H3/t18-/m1/s1. The zero-order valence-electron chi connectivity index (χ0n) is 16.1. The molecule has 144 valence electrons. The molecule has 0 saturated carbocycles. The van der Waals surface area contributed by atoms with Crippen LogP contribution in [0, 0.1) is 11.8 Å². The van der Waals surface area contributed by atoms with Crippen LogP contribution in [0.4, 0.5) is 0 Å². The van der Waals surface area contributed by atoms with E-state index in [0.717, 1.165) is 32.1 Å². The van der Waals surface area contributed by atoms with Crippen molar-refractivity contribution in [3.63, 3.8) is 0 Å². The largest absolute Gasteiger partial charge is 0.469 e. The number of hydrogen-bond donors (Lipinski definition) is 0. The predicted octanol–water partition coefficient (Wildman–Crippen LogP) is 3.42. The zero-order chi connectivity index (χ0) is 19.2. The van der Waals surface area contributed by atoms with Crippen molar-refractivity contribution >= 4 is 17.7 Å². The van der Waals surface area contributed by atoms with Gasteiger partial charge in [-0.1, -0.05) is 31.8 Å². The Bertz CT molecular complexity index is 556. The molecule has 1 aliphatic heterocycles. The van der Waals surface area contributed by atoms with Crippen molar-refractivity contribution in [1.29, 1.82) is 0 Å². The van der Waals surface area contributed by atoms with Crippen LogP contribution in [-0.2, 0) is 19.1 Å². The minimum absolute atomic E-state index is 0.0456. The molecule has 1 atom stereocenters. The fourth-order valence-corrected chi connectivity index (χ4v) is 2.86. The van der Waals surface area contributed by atoms with Gasteiger partial charge in [-0.25, -0.2) is 0 Å². The van der Waals surface area contributed by atoms with Crippen LogP contribution < -0.4 is 0 Å². The molecule has 1 aliphatic rings. The number of unbranched alkanes of at least 4 members (excludes halogenated alkanes) is 3. The van der Waals surface area contributed by atoms with Gasteiger partial charge in [0, 0.05) is 25.7 Å². The van der Waals surface area contributed by atoms with E-state index in [-0.39, 0.29) is 23.7 Å². The number of carbonyl (C=O) groups excluding carboxylic acids is 3. The molecule has 0 spiro atoms. The summed E-state index contributed by atoms with van der Waals surface area (Å²) in [5.41, 5.74) is 0. The molecule has 26 heavy (non-hydrogen) atoms. The van der Waals surface area contributed by atoms with E-state index >= 15 is 0 Å². The Morgan fingerprint density at radius 1 is 1.23 bits per heavy atom. The van der Waals surface area contributed by atoms with Crippen LogP contribution in [0.2, 0.25) is 0 Å². The maximum absolute atomic E-state index is 12.2. The molecule has 1 fully saturated rings. The number of carbonyl (C=O) groups is 3. The van der Waals surface area contributed by atoms with E-state index in [1.165, 1.54) is 7.11 Å². The van der Waals surface area contributed by atoms with Crippen molar-refractivity contribution in [2.75, 3.05) is 13.7 Å². The highest BCUT2D eigenvalue weighted by Crippen LogP contribution is 2.19. The van der Waals surface area contributed by atoms with Crippen molar-refractivity contribution in [2.24, 2.45) is 0 Å². The lowest BCUT2D eigenvalue weighted by atomic mass is 10.00. The van der Waals surface area contributed by atoms with Crippen LogP contribution in [0.5, 0.6) is 0 Å². The number of piperidine rings is 1. The molecule has 1 rings (SSSR count). The number of ketones is 1. The molecule has 1 amide bonds. The fraction of sp³-hybridized carbons (Fsp3) is 0.667. The Morgan fingerprint density at radius 3 is 2.77 bits per heavy atom. The van der Waals surface area contributed by atoms with Crippen LogP contribution in [-0.4, -0.2) is 42.3 Å². The van der Waals surface area contributed by atoms with Crippen molar-refractivity contribution in [3.05, 3.63) is 12.2 Å². The zero-order valence-corrected chi connectivity index (χ0v) is 16.1. The first-order chi connectivity index (χ1) is 12.6. The van der Waals surface area contributed by atoms with E-state index < -0.39 is 0 Å². The summed E-state index contributed by atoms with van der Waals surface area (Å²) in [4.78, 5) is 36.9. The van der Waals surface area contributed by atoms with E-state index in [1.54, 1.807) is 11.0 Å². The maximum Gasteiger partial charge on any atom is 0.305 e. The van der Waals surface area contributed by atoms with Crippen molar-refractivity contribution in [3.8, 4) is 11.8 Å². The first kappa shape index (κ1) is 22.0. The van der Waals surface area contributed by atoms with Gasteiger partial charge < -0.3 is 9.64 Å². The summed E-state index contributed by atoms with van der Waals surface area (Å²) in [6, 6.07) is -0.0456. The number of likely N-dealkylation sites (tertiary alicyclic amines) is 1. The Morgan fingerprint density at radius 2 is 2.04 bits per heavy atom. The summed E-state index contributed by atoms with van der Waals surface area (Å²) in [5, 5.41) is 0. The van der Waals surface area contributed by atoms with Gasteiger partial charge in [0.05, 0.1) is 19.7 Å². The van der Waals surface area contributed by atoms with Gasteiger partial charge in [-0.3, -0.25) is 14.4 Å². The molecule has 0 unspecified atom stereocenters. The summed E-state index contributed by atoms with van der Waals surface area (Å²) < 4.78 is 4.58. The van der Waals surface area contributed by atoms with Crippen molar-refractivity contribution < 1.29 is 19.1 Å². The van der Waals surface area contributed by atoms with Crippen LogP contribution in [0.15, 0.2) is 12.2 Å². The highest BCUT2D eigenvalue weighted by atomic mass is 16.5. The van der Waals surface area contributed by atoms with Gasteiger partial charge >= 0.3 is 5.97 Å². The lowest BCUT2D eigenvalue weighted by Gasteiger charge is -2.32. The molecular weight excluding hydrogens is 330 g/mol. The molecule has 0 bridgehead atoms. The molecule has 5 nitrogen and oxygen atoms in total. The quantitative estimate of drug-likeness (QED) is 0.259. The van der Waals surface area contributed by atoms with Gasteiger partial charge in [0.2, 0.25) is 5.91 Å². The number of esters is 1. The Hall–Kier alpha value is -2.09. The number of amides is 1. The molecule has 1 saturated heterocycles. The Labute approximate surface area is 157 Å². The number of ether oxygens (including phenoxy) is 1. The molecule has 0 aromatic rings. The summed E-state index contributed by atoms with van der Waals surface area (Å²) in [6.45, 7) is 2.48. The van der Waals surface area contributed by atoms with Crippen molar-refractivity contribution in [1.82, 2.24) is 4.90 Å². The molecule has 5 heteroatoms. The number of allylic oxidation sites excluding steroid dienone is 1. The summed E-state index contributed by atoms with van der Waals surface area (Å²) in [6.07, 6.45) is 11.0. The first-order valence-electron chi connectivity index (χ1n) is 9.61. The average Bonchev–Trinajstić information content (AvgIpc) is 2.64. The number of methoxy groups -OCH3 is 1. The third-order valence-electron chi connectivity index (χ3n) is 4.43. The van der Waals surface area contributed by atoms with Gasteiger partial charge in [0.25, 0.3) is 0 Å². The summed E-state index contributed by atoms with van der Waals surface area (Å²) in [7, 11) is 1.37. The third kappa shape index (κ3) is 8.84. The normalized spacial score (nSPS) is 17.1. The second kappa shape index (κ2) is 13.2. The topological polar surface area (TPSA) is 63.7 Å². The molecule has 0 aromatic carbocycles. The van der Waals surface area contributed by atoms with Crippen LogP contribution in [0.3, 0.4) is 0 Å². The van der Waals surface area contributed by atoms with Crippen LogP contribution in [0.25, 0.3) is 0 Å². The molecule has 0 aromatic heterocycles. The SMILES string of the molecule is CCCCCC(=O)C=C[C@H]1CCCC(=O)N1CC#CCCCC(=O)OC. The van der Waals surface area contributed by atoms with Gasteiger partial charge in [-0.15, -0.1) is 5.92 Å². The first-order valence-corrected chi connectivity index (χ1v) is 9.61. The lowest BCUT2D eigenvalue weighted by molar-refractivity contribution is -0.140. The maximum atomic E-state index is 12.2. The molecular formula is C21H31NO4. The molecule has 0 aliphatic carbocycles. The van der Waals surface area contributed by atoms with E-state index in [1.807, 2.05) is 6.08 Å². The second-order valence-electron chi connectivity index (χ2n) is 6.55. The highest BCUT2D eigenvalue weighted by molar-refractivity contribution is 5.89. The average molecular weight is 361 g/mol. The minimum atomic E-state index is -0.230. The molecule has 0 radical (unpaired) electrons. The van der Waals surface area contributed by atoms with Crippen LogP contribution >= 0.6 is 0 Å². The van der Waals surface area contributed by atoms with Crippen molar-refractivity contribution in [2.45, 2.75) is 77.2 Å².